The van der Waals surface area contributed by atoms with E-state index in [0.29, 0.717) is 6.42 Å². The molecule has 1 rings (SSSR count). The summed E-state index contributed by atoms with van der Waals surface area (Å²) < 4.78 is 0. The summed E-state index contributed by atoms with van der Waals surface area (Å²) in [7, 11) is 0. The Morgan fingerprint density at radius 2 is 1.93 bits per heavy atom. The maximum atomic E-state index is 10.4. The van der Waals surface area contributed by atoms with E-state index in [-0.39, 0.29) is 12.4 Å². The Kier molecular flexibility index (Phi) is 6.93. The SMILES string of the molecule is Cl.N[C@H](CCC1CCCCC1)C(=O)O. The van der Waals surface area contributed by atoms with Crippen LogP contribution in [-0.2, 0) is 4.79 Å². The van der Waals surface area contributed by atoms with Gasteiger partial charge in [0.15, 0.2) is 0 Å². The van der Waals surface area contributed by atoms with Crippen molar-refractivity contribution in [3.63, 3.8) is 0 Å². The number of hydrogen-bond acceptors (Lipinski definition) is 2. The molecule has 0 saturated heterocycles. The van der Waals surface area contributed by atoms with Crippen molar-refractivity contribution in [2.45, 2.75) is 51.0 Å². The van der Waals surface area contributed by atoms with E-state index >= 15 is 0 Å². The van der Waals surface area contributed by atoms with Crippen LogP contribution in [0.25, 0.3) is 0 Å². The lowest BCUT2D eigenvalue weighted by atomic mass is 9.85. The Hall–Kier alpha value is -0.280. The van der Waals surface area contributed by atoms with Crippen LogP contribution in [0, 0.1) is 5.92 Å². The summed E-state index contributed by atoms with van der Waals surface area (Å²) in [5.41, 5.74) is 5.43. The molecule has 0 amide bonds. The Morgan fingerprint density at radius 3 is 2.43 bits per heavy atom. The molecule has 1 saturated carbocycles. The fraction of sp³-hybridized carbons (Fsp3) is 0.900. The smallest absolute Gasteiger partial charge is 0.320 e. The topological polar surface area (TPSA) is 63.3 Å². The lowest BCUT2D eigenvalue weighted by Crippen LogP contribution is -2.30. The molecule has 0 aliphatic heterocycles. The molecule has 3 nitrogen and oxygen atoms in total. The summed E-state index contributed by atoms with van der Waals surface area (Å²) in [4.78, 5) is 10.4. The average molecular weight is 222 g/mol. The molecule has 4 heteroatoms. The lowest BCUT2D eigenvalue weighted by Gasteiger charge is -2.21. The van der Waals surface area contributed by atoms with Crippen molar-refractivity contribution in [1.82, 2.24) is 0 Å². The number of halogens is 1. The van der Waals surface area contributed by atoms with Gasteiger partial charge in [-0.2, -0.15) is 0 Å². The second kappa shape index (κ2) is 7.07. The molecule has 0 heterocycles. The number of carbonyl (C=O) groups is 1. The van der Waals surface area contributed by atoms with Crippen LogP contribution in [-0.4, -0.2) is 17.1 Å². The van der Waals surface area contributed by atoms with Crippen LogP contribution in [0.5, 0.6) is 0 Å². The van der Waals surface area contributed by atoms with Gasteiger partial charge in [0, 0.05) is 0 Å². The van der Waals surface area contributed by atoms with Gasteiger partial charge in [-0.15, -0.1) is 12.4 Å². The predicted octanol–water partition coefficient (Wildman–Crippen LogP) is 2.18. The molecule has 84 valence electrons. The zero-order valence-corrected chi connectivity index (χ0v) is 9.26. The highest BCUT2D eigenvalue weighted by atomic mass is 35.5. The van der Waals surface area contributed by atoms with Gasteiger partial charge in [0.1, 0.15) is 6.04 Å². The first kappa shape index (κ1) is 13.7. The normalized spacial score (nSPS) is 19.8. The van der Waals surface area contributed by atoms with Crippen molar-refractivity contribution in [2.24, 2.45) is 11.7 Å². The Morgan fingerprint density at radius 1 is 1.36 bits per heavy atom. The van der Waals surface area contributed by atoms with E-state index in [1.54, 1.807) is 0 Å². The van der Waals surface area contributed by atoms with Crippen LogP contribution >= 0.6 is 12.4 Å². The standard InChI is InChI=1S/C10H19NO2.ClH/c11-9(10(12)13)7-6-8-4-2-1-3-5-8;/h8-9H,1-7,11H2,(H,12,13);1H/t9-;/m1./s1. The number of rotatable bonds is 4. The maximum absolute atomic E-state index is 10.4. The number of carboxylic acids is 1. The van der Waals surface area contributed by atoms with E-state index in [2.05, 4.69) is 0 Å². The third kappa shape index (κ3) is 4.82. The largest absolute Gasteiger partial charge is 0.480 e. The second-order valence-corrected chi connectivity index (χ2v) is 4.03. The summed E-state index contributed by atoms with van der Waals surface area (Å²) in [5.74, 6) is -0.130. The molecule has 0 aromatic rings. The fourth-order valence-corrected chi connectivity index (χ4v) is 2.01. The van der Waals surface area contributed by atoms with Crippen molar-refractivity contribution in [3.05, 3.63) is 0 Å². The predicted molar refractivity (Wildman–Crippen MR) is 58.7 cm³/mol. The third-order valence-electron chi connectivity index (χ3n) is 2.93. The summed E-state index contributed by atoms with van der Waals surface area (Å²) >= 11 is 0. The first-order valence-electron chi connectivity index (χ1n) is 5.18. The fourth-order valence-electron chi connectivity index (χ4n) is 2.01. The first-order valence-corrected chi connectivity index (χ1v) is 5.18. The van der Waals surface area contributed by atoms with Gasteiger partial charge in [-0.3, -0.25) is 4.79 Å². The third-order valence-corrected chi connectivity index (χ3v) is 2.93. The summed E-state index contributed by atoms with van der Waals surface area (Å²) in [5, 5.41) is 8.59. The minimum atomic E-state index is -0.865. The quantitative estimate of drug-likeness (QED) is 0.765. The van der Waals surface area contributed by atoms with Crippen molar-refractivity contribution in [2.75, 3.05) is 0 Å². The van der Waals surface area contributed by atoms with E-state index in [0.717, 1.165) is 12.3 Å². The molecule has 14 heavy (non-hydrogen) atoms. The van der Waals surface area contributed by atoms with Gasteiger partial charge >= 0.3 is 5.97 Å². The Bertz CT molecular complexity index is 170. The van der Waals surface area contributed by atoms with Gasteiger partial charge in [-0.25, -0.2) is 0 Å². The molecule has 1 atom stereocenters. The van der Waals surface area contributed by atoms with E-state index in [4.69, 9.17) is 10.8 Å². The van der Waals surface area contributed by atoms with Crippen LogP contribution in [0.1, 0.15) is 44.9 Å². The highest BCUT2D eigenvalue weighted by Gasteiger charge is 2.17. The monoisotopic (exact) mass is 221 g/mol. The van der Waals surface area contributed by atoms with Crippen molar-refractivity contribution in [1.29, 1.82) is 0 Å². The number of aliphatic carboxylic acids is 1. The van der Waals surface area contributed by atoms with Crippen LogP contribution in [0.2, 0.25) is 0 Å². The minimum Gasteiger partial charge on any atom is -0.480 e. The molecular weight excluding hydrogens is 202 g/mol. The van der Waals surface area contributed by atoms with E-state index in [9.17, 15) is 4.79 Å². The molecule has 0 aromatic carbocycles. The van der Waals surface area contributed by atoms with Gasteiger partial charge in [-0.1, -0.05) is 32.1 Å². The van der Waals surface area contributed by atoms with Crippen molar-refractivity contribution >= 4 is 18.4 Å². The van der Waals surface area contributed by atoms with Gasteiger partial charge in [0.2, 0.25) is 0 Å². The van der Waals surface area contributed by atoms with E-state index in [1.165, 1.54) is 32.1 Å². The van der Waals surface area contributed by atoms with E-state index in [1.807, 2.05) is 0 Å². The van der Waals surface area contributed by atoms with Crippen LogP contribution in [0.15, 0.2) is 0 Å². The van der Waals surface area contributed by atoms with Gasteiger partial charge in [0.05, 0.1) is 0 Å². The van der Waals surface area contributed by atoms with E-state index < -0.39 is 12.0 Å². The number of hydrogen-bond donors (Lipinski definition) is 2. The molecule has 0 bridgehead atoms. The van der Waals surface area contributed by atoms with Crippen LogP contribution < -0.4 is 5.73 Å². The summed E-state index contributed by atoms with van der Waals surface area (Å²) in [6, 6.07) is -0.651. The van der Waals surface area contributed by atoms with Crippen molar-refractivity contribution in [3.8, 4) is 0 Å². The molecule has 0 unspecified atom stereocenters. The molecule has 1 fully saturated rings. The highest BCUT2D eigenvalue weighted by Crippen LogP contribution is 2.27. The van der Waals surface area contributed by atoms with Gasteiger partial charge in [0.25, 0.3) is 0 Å². The Balaban J connectivity index is 0.00000169. The van der Waals surface area contributed by atoms with Crippen LogP contribution in [0.4, 0.5) is 0 Å². The second-order valence-electron chi connectivity index (χ2n) is 4.03. The maximum Gasteiger partial charge on any atom is 0.320 e. The van der Waals surface area contributed by atoms with Gasteiger partial charge < -0.3 is 10.8 Å². The molecule has 0 radical (unpaired) electrons. The van der Waals surface area contributed by atoms with Crippen molar-refractivity contribution < 1.29 is 9.90 Å². The summed E-state index contributed by atoms with van der Waals surface area (Å²) in [6.07, 6.45) is 8.15. The molecule has 3 N–H and O–H groups in total. The average Bonchev–Trinajstić information content (AvgIpc) is 2.15. The summed E-state index contributed by atoms with van der Waals surface area (Å²) in [6.45, 7) is 0. The number of carboxylic acid groups (broad SMARTS) is 1. The van der Waals surface area contributed by atoms with Crippen LogP contribution in [0.3, 0.4) is 0 Å². The highest BCUT2D eigenvalue weighted by molar-refractivity contribution is 5.85. The zero-order valence-electron chi connectivity index (χ0n) is 8.45. The molecule has 0 aromatic heterocycles. The molecule has 1 aliphatic carbocycles. The minimum absolute atomic E-state index is 0. The lowest BCUT2D eigenvalue weighted by molar-refractivity contribution is -0.138. The molecule has 0 spiro atoms. The zero-order chi connectivity index (χ0) is 9.68. The molecule has 1 aliphatic rings. The number of nitrogens with two attached hydrogens (primary N) is 1. The Labute approximate surface area is 91.5 Å². The van der Waals surface area contributed by atoms with Gasteiger partial charge in [-0.05, 0) is 18.8 Å². The first-order chi connectivity index (χ1) is 6.20. The molecular formula is C10H20ClNO2.